The molecule has 0 unspecified atom stereocenters. The molecule has 0 spiro atoms. The molecule has 0 aromatic rings. The van der Waals surface area contributed by atoms with Gasteiger partial charge in [0.2, 0.25) is 0 Å². The SMILES string of the molecule is C[C@H]1CC[C@@H]2C(=O)C[C@@H]3C(=C[C@]4(C)[C@H]3[C@H]3C(C)(C)CC[C@@]3(C)C[C@H]4O)[C@@]21C. The number of hydrogen-bond acceptors (Lipinski definition) is 2. The standard InChI is InChI=1S/C25H38O2/c1-14-7-8-16-18(26)11-15-17(25(14,16)6)12-24(5)19(27)13-23(4)10-9-22(2,3)21(23)20(15)24/h12,14-16,19-21,27H,7-11,13H2,1-6H3/t14-,15+,16+,19+,20+,21-,23-,24-,25+/m0/s1. The number of hydrogen-bond donors (Lipinski definition) is 1. The van der Waals surface area contributed by atoms with E-state index >= 15 is 0 Å². The number of aliphatic hydroxyl groups is 1. The largest absolute Gasteiger partial charge is 0.392 e. The predicted octanol–water partition coefficient (Wildman–Crippen LogP) is 5.40. The van der Waals surface area contributed by atoms with Crippen LogP contribution in [0.5, 0.6) is 0 Å². The Balaban J connectivity index is 1.68. The number of aliphatic hydroxyl groups excluding tert-OH is 1. The molecule has 27 heavy (non-hydrogen) atoms. The van der Waals surface area contributed by atoms with Crippen LogP contribution in [0.2, 0.25) is 0 Å². The van der Waals surface area contributed by atoms with Crippen LogP contribution >= 0.6 is 0 Å². The third-order valence-corrected chi connectivity index (χ3v) is 10.8. The van der Waals surface area contributed by atoms with E-state index in [4.69, 9.17) is 0 Å². The van der Waals surface area contributed by atoms with Gasteiger partial charge < -0.3 is 5.11 Å². The first-order valence-electron chi connectivity index (χ1n) is 11.4. The zero-order chi connectivity index (χ0) is 19.6. The number of ketones is 1. The molecule has 0 aliphatic heterocycles. The van der Waals surface area contributed by atoms with Gasteiger partial charge in [-0.15, -0.1) is 0 Å². The molecule has 0 amide bonds. The third-order valence-electron chi connectivity index (χ3n) is 10.8. The summed E-state index contributed by atoms with van der Waals surface area (Å²) in [5.74, 6) is 2.70. The zero-order valence-corrected chi connectivity index (χ0v) is 18.1. The van der Waals surface area contributed by atoms with Crippen molar-refractivity contribution in [1.29, 1.82) is 0 Å². The van der Waals surface area contributed by atoms with Crippen LogP contribution in [0, 0.1) is 51.2 Å². The van der Waals surface area contributed by atoms with Crippen LogP contribution in [0.25, 0.3) is 0 Å². The summed E-state index contributed by atoms with van der Waals surface area (Å²) in [6.07, 6.45) is 8.61. The molecule has 0 heterocycles. The van der Waals surface area contributed by atoms with E-state index in [2.05, 4.69) is 47.6 Å². The summed E-state index contributed by atoms with van der Waals surface area (Å²) >= 11 is 0. The molecule has 2 heteroatoms. The van der Waals surface area contributed by atoms with Crippen molar-refractivity contribution < 1.29 is 9.90 Å². The molecule has 2 nitrogen and oxygen atoms in total. The maximum absolute atomic E-state index is 13.3. The van der Waals surface area contributed by atoms with Crippen molar-refractivity contribution in [3.63, 3.8) is 0 Å². The normalized spacial score (nSPS) is 58.3. The summed E-state index contributed by atoms with van der Waals surface area (Å²) in [7, 11) is 0. The molecular formula is C25H38O2. The molecule has 9 atom stereocenters. The molecule has 1 N–H and O–H groups in total. The van der Waals surface area contributed by atoms with Crippen molar-refractivity contribution in [2.24, 2.45) is 51.2 Å². The quantitative estimate of drug-likeness (QED) is 0.580. The van der Waals surface area contributed by atoms with Crippen molar-refractivity contribution in [1.82, 2.24) is 0 Å². The lowest BCUT2D eigenvalue weighted by Crippen LogP contribution is -2.56. The van der Waals surface area contributed by atoms with Crippen molar-refractivity contribution >= 4 is 5.78 Å². The minimum absolute atomic E-state index is 0.0270. The third kappa shape index (κ3) is 1.99. The Hall–Kier alpha value is -0.630. The number of rotatable bonds is 0. The number of carbonyl (C=O) groups excluding carboxylic acids is 1. The van der Waals surface area contributed by atoms with Crippen molar-refractivity contribution in [3.05, 3.63) is 11.6 Å². The fourth-order valence-corrected chi connectivity index (χ4v) is 9.24. The Morgan fingerprint density at radius 2 is 1.78 bits per heavy atom. The monoisotopic (exact) mass is 370 g/mol. The van der Waals surface area contributed by atoms with Crippen molar-refractivity contribution in [3.8, 4) is 0 Å². The second kappa shape index (κ2) is 5.10. The van der Waals surface area contributed by atoms with Gasteiger partial charge >= 0.3 is 0 Å². The first-order chi connectivity index (χ1) is 12.4. The molecule has 0 radical (unpaired) electrons. The van der Waals surface area contributed by atoms with E-state index in [-0.39, 0.29) is 28.3 Å². The summed E-state index contributed by atoms with van der Waals surface area (Å²) < 4.78 is 0. The second-order valence-electron chi connectivity index (χ2n) is 12.4. The van der Waals surface area contributed by atoms with Crippen molar-refractivity contribution in [2.45, 2.75) is 86.2 Å². The number of carbonyl (C=O) groups is 1. The molecule has 0 bridgehead atoms. The van der Waals surface area contributed by atoms with Crippen LogP contribution in [0.1, 0.15) is 80.1 Å². The summed E-state index contributed by atoms with van der Waals surface area (Å²) in [6.45, 7) is 14.4. The van der Waals surface area contributed by atoms with Gasteiger partial charge in [-0.1, -0.05) is 53.2 Å². The molecule has 5 aliphatic carbocycles. The number of fused-ring (bicyclic) bond motifs is 7. The van der Waals surface area contributed by atoms with Crippen LogP contribution < -0.4 is 0 Å². The lowest BCUT2D eigenvalue weighted by Gasteiger charge is -2.57. The van der Waals surface area contributed by atoms with Crippen LogP contribution in [0.4, 0.5) is 0 Å². The predicted molar refractivity (Wildman–Crippen MR) is 108 cm³/mol. The molecule has 0 aromatic heterocycles. The van der Waals surface area contributed by atoms with Gasteiger partial charge in [0.15, 0.2) is 0 Å². The summed E-state index contributed by atoms with van der Waals surface area (Å²) in [6, 6.07) is 0. The highest BCUT2D eigenvalue weighted by Crippen LogP contribution is 2.74. The second-order valence-corrected chi connectivity index (χ2v) is 12.4. The Kier molecular flexibility index (Phi) is 3.47. The maximum Gasteiger partial charge on any atom is 0.137 e. The Morgan fingerprint density at radius 1 is 1.07 bits per heavy atom. The van der Waals surface area contributed by atoms with Gasteiger partial charge in [0, 0.05) is 23.2 Å². The van der Waals surface area contributed by atoms with E-state index in [0.717, 1.165) is 19.3 Å². The lowest BCUT2D eigenvalue weighted by molar-refractivity contribution is -0.140. The number of allylic oxidation sites excluding steroid dienone is 1. The van der Waals surface area contributed by atoms with E-state index in [1.165, 1.54) is 19.3 Å². The highest BCUT2D eigenvalue weighted by Gasteiger charge is 2.69. The fraction of sp³-hybridized carbons (Fsp3) is 0.880. The van der Waals surface area contributed by atoms with E-state index in [9.17, 15) is 9.90 Å². The van der Waals surface area contributed by atoms with Crippen LogP contribution in [-0.4, -0.2) is 17.0 Å². The summed E-state index contributed by atoms with van der Waals surface area (Å²) in [5.41, 5.74) is 1.95. The highest BCUT2D eigenvalue weighted by atomic mass is 16.3. The van der Waals surface area contributed by atoms with E-state index in [1.807, 2.05) is 0 Å². The Bertz CT molecular complexity index is 735. The first-order valence-corrected chi connectivity index (χ1v) is 11.4. The van der Waals surface area contributed by atoms with Gasteiger partial charge in [0.05, 0.1) is 6.10 Å². The van der Waals surface area contributed by atoms with Gasteiger partial charge in [-0.3, -0.25) is 4.79 Å². The molecule has 0 saturated heterocycles. The first kappa shape index (κ1) is 18.4. The molecule has 150 valence electrons. The van der Waals surface area contributed by atoms with Gasteiger partial charge in [-0.2, -0.15) is 0 Å². The number of Topliss-reactive ketones (excluding diaryl/α,β-unsaturated/α-hetero) is 1. The van der Waals surface area contributed by atoms with Gasteiger partial charge in [-0.25, -0.2) is 0 Å². The molecule has 4 saturated carbocycles. The molecule has 5 aliphatic rings. The van der Waals surface area contributed by atoms with Crippen LogP contribution in [-0.2, 0) is 4.79 Å². The maximum atomic E-state index is 13.3. The van der Waals surface area contributed by atoms with Gasteiger partial charge in [-0.05, 0) is 66.6 Å². The highest BCUT2D eigenvalue weighted by molar-refractivity contribution is 5.85. The molecule has 0 aromatic carbocycles. The molecule has 5 rings (SSSR count). The minimum Gasteiger partial charge on any atom is -0.392 e. The van der Waals surface area contributed by atoms with Crippen LogP contribution in [0.15, 0.2) is 11.6 Å². The van der Waals surface area contributed by atoms with E-state index in [1.54, 1.807) is 5.57 Å². The van der Waals surface area contributed by atoms with Gasteiger partial charge in [0.25, 0.3) is 0 Å². The van der Waals surface area contributed by atoms with Crippen LogP contribution in [0.3, 0.4) is 0 Å². The Labute approximate surface area is 165 Å². The lowest BCUT2D eigenvalue weighted by atomic mass is 9.47. The zero-order valence-electron chi connectivity index (χ0n) is 18.1. The van der Waals surface area contributed by atoms with E-state index < -0.39 is 0 Å². The smallest absolute Gasteiger partial charge is 0.137 e. The Morgan fingerprint density at radius 3 is 2.48 bits per heavy atom. The average molecular weight is 371 g/mol. The summed E-state index contributed by atoms with van der Waals surface area (Å²) in [4.78, 5) is 13.3. The topological polar surface area (TPSA) is 37.3 Å². The average Bonchev–Trinajstić information content (AvgIpc) is 3.12. The van der Waals surface area contributed by atoms with E-state index in [0.29, 0.717) is 34.9 Å². The fourth-order valence-electron chi connectivity index (χ4n) is 9.24. The minimum atomic E-state index is -0.274. The molecular weight excluding hydrogens is 332 g/mol. The van der Waals surface area contributed by atoms with Gasteiger partial charge in [0.1, 0.15) is 5.78 Å². The van der Waals surface area contributed by atoms with Crippen molar-refractivity contribution in [2.75, 3.05) is 0 Å². The molecule has 4 fully saturated rings. The summed E-state index contributed by atoms with van der Waals surface area (Å²) in [5, 5.41) is 11.4.